The molecule has 3 aliphatic rings. The summed E-state index contributed by atoms with van der Waals surface area (Å²) in [6.45, 7) is 0. The number of nitro groups is 1. The van der Waals surface area contributed by atoms with Crippen molar-refractivity contribution in [1.29, 1.82) is 0 Å². The molecule has 1 aromatic carbocycles. The molecule has 2 bridgehead atoms. The molecule has 1 aromatic rings. The van der Waals surface area contributed by atoms with E-state index in [0.717, 1.165) is 11.3 Å². The zero-order valence-electron chi connectivity index (χ0n) is 13.7. The first-order valence-corrected chi connectivity index (χ1v) is 7.94. The molecule has 0 N–H and O–H groups in total. The summed E-state index contributed by atoms with van der Waals surface area (Å²) in [5.74, 6) is -1.03. The number of carbonyl (C=O) groups is 2. The maximum Gasteiger partial charge on any atom is 0.314 e. The van der Waals surface area contributed by atoms with Gasteiger partial charge in [-0.2, -0.15) is 0 Å². The summed E-state index contributed by atoms with van der Waals surface area (Å²) >= 11 is 0. The van der Waals surface area contributed by atoms with E-state index in [1.54, 1.807) is 0 Å². The van der Waals surface area contributed by atoms with Crippen LogP contribution in [0.25, 0.3) is 0 Å². The number of carbonyl (C=O) groups excluding carboxylic acids is 2. The average Bonchev–Trinajstić information content (AvgIpc) is 3.27. The summed E-state index contributed by atoms with van der Waals surface area (Å²) in [5.41, 5.74) is -0.0992. The molecule has 2 amide bonds. The number of anilines is 1. The first kappa shape index (κ1) is 15.6. The highest BCUT2D eigenvalue weighted by atomic mass is 16.6. The van der Waals surface area contributed by atoms with Gasteiger partial charge in [-0.1, -0.05) is 12.2 Å². The predicted octanol–water partition coefficient (Wildman–Crippen LogP) is 1.92. The molecule has 0 aromatic heterocycles. The molecular formula is C17H16N2O6. The Hall–Kier alpha value is -2.90. The van der Waals surface area contributed by atoms with Crippen molar-refractivity contribution in [2.24, 2.45) is 23.7 Å². The van der Waals surface area contributed by atoms with E-state index in [9.17, 15) is 19.7 Å². The van der Waals surface area contributed by atoms with Crippen molar-refractivity contribution in [2.45, 2.75) is 6.42 Å². The van der Waals surface area contributed by atoms with Crippen molar-refractivity contribution >= 4 is 23.2 Å². The van der Waals surface area contributed by atoms with Crippen LogP contribution in [0.15, 0.2) is 24.3 Å². The van der Waals surface area contributed by atoms with Gasteiger partial charge in [0.1, 0.15) is 5.75 Å². The van der Waals surface area contributed by atoms with Gasteiger partial charge in [0.15, 0.2) is 5.75 Å². The van der Waals surface area contributed by atoms with E-state index in [1.807, 2.05) is 12.2 Å². The van der Waals surface area contributed by atoms with Gasteiger partial charge in [-0.3, -0.25) is 19.7 Å². The molecular weight excluding hydrogens is 328 g/mol. The van der Waals surface area contributed by atoms with E-state index in [0.29, 0.717) is 0 Å². The summed E-state index contributed by atoms with van der Waals surface area (Å²) in [6.07, 6.45) is 4.85. The average molecular weight is 344 g/mol. The van der Waals surface area contributed by atoms with E-state index in [1.165, 1.54) is 26.4 Å². The Morgan fingerprint density at radius 2 is 1.60 bits per heavy atom. The smallest absolute Gasteiger partial charge is 0.314 e. The number of rotatable bonds is 4. The van der Waals surface area contributed by atoms with E-state index in [2.05, 4.69) is 0 Å². The summed E-state index contributed by atoms with van der Waals surface area (Å²) in [5, 5.41) is 11.2. The van der Waals surface area contributed by atoms with Crippen LogP contribution in [0, 0.1) is 33.8 Å². The number of hydrogen-bond acceptors (Lipinski definition) is 6. The van der Waals surface area contributed by atoms with Crippen LogP contribution in [-0.4, -0.2) is 31.0 Å². The fraction of sp³-hybridized carbons (Fsp3) is 0.412. The van der Waals surface area contributed by atoms with Gasteiger partial charge in [-0.25, -0.2) is 4.90 Å². The molecule has 8 heteroatoms. The second kappa shape index (κ2) is 5.30. The number of methoxy groups -OCH3 is 2. The molecule has 0 radical (unpaired) electrons. The highest BCUT2D eigenvalue weighted by Crippen LogP contribution is 2.54. The first-order chi connectivity index (χ1) is 12.0. The standard InChI is InChI=1S/C17H16N2O6/c1-24-12-7-11(19(22)23)13(25-2)6-10(12)18-16(20)14-8-3-4-9(5-8)15(14)17(18)21/h3-4,6-9,14-15H,5H2,1-2H3/t8-,9+,14-,15+. The maximum absolute atomic E-state index is 12.9. The molecule has 8 nitrogen and oxygen atoms in total. The topological polar surface area (TPSA) is 99.0 Å². The fourth-order valence-electron chi connectivity index (χ4n) is 4.32. The minimum absolute atomic E-state index is 0.0282. The van der Waals surface area contributed by atoms with Crippen molar-refractivity contribution in [3.8, 4) is 11.5 Å². The molecule has 1 saturated carbocycles. The molecule has 0 unspecified atom stereocenters. The van der Waals surface area contributed by atoms with E-state index in [4.69, 9.17) is 9.47 Å². The second-order valence-electron chi connectivity index (χ2n) is 6.46. The molecule has 4 rings (SSSR count). The SMILES string of the molecule is COc1cc([N+](=O)[O-])c(OC)cc1N1C(=O)[C@@H]2[C@H](C1=O)[C@@H]1C=C[C@H]2C1. The maximum atomic E-state index is 12.9. The number of allylic oxidation sites excluding steroid dienone is 2. The third kappa shape index (κ3) is 2.00. The predicted molar refractivity (Wildman–Crippen MR) is 86.4 cm³/mol. The molecule has 1 heterocycles. The van der Waals surface area contributed by atoms with Crippen LogP contribution >= 0.6 is 0 Å². The lowest BCUT2D eigenvalue weighted by Gasteiger charge is -2.20. The fourth-order valence-corrected chi connectivity index (χ4v) is 4.32. The molecule has 4 atom stereocenters. The van der Waals surface area contributed by atoms with Crippen LogP contribution in [0.1, 0.15) is 6.42 Å². The van der Waals surface area contributed by atoms with Crippen LogP contribution in [0.4, 0.5) is 11.4 Å². The van der Waals surface area contributed by atoms with Crippen LogP contribution in [0.2, 0.25) is 0 Å². The third-order valence-electron chi connectivity index (χ3n) is 5.39. The highest BCUT2D eigenvalue weighted by molar-refractivity contribution is 6.23. The summed E-state index contributed by atoms with van der Waals surface area (Å²) in [7, 11) is 2.64. The van der Waals surface area contributed by atoms with Crippen molar-refractivity contribution in [2.75, 3.05) is 19.1 Å². The Balaban J connectivity index is 1.81. The molecule has 130 valence electrons. The quantitative estimate of drug-likeness (QED) is 0.358. The summed E-state index contributed by atoms with van der Waals surface area (Å²) in [4.78, 5) is 37.5. The van der Waals surface area contributed by atoms with Gasteiger partial charge in [-0.15, -0.1) is 0 Å². The molecule has 1 aliphatic heterocycles. The number of hydrogen-bond donors (Lipinski definition) is 0. The molecule has 1 saturated heterocycles. The number of imide groups is 1. The van der Waals surface area contributed by atoms with Gasteiger partial charge in [-0.05, 0) is 18.3 Å². The van der Waals surface area contributed by atoms with Crippen molar-refractivity contribution < 1.29 is 24.0 Å². The second-order valence-corrected chi connectivity index (χ2v) is 6.46. The zero-order valence-corrected chi connectivity index (χ0v) is 13.7. The largest absolute Gasteiger partial charge is 0.494 e. The van der Waals surface area contributed by atoms with E-state index in [-0.39, 0.29) is 58.4 Å². The number of nitro benzene ring substituents is 1. The van der Waals surface area contributed by atoms with E-state index < -0.39 is 4.92 Å². The molecule has 0 spiro atoms. The number of ether oxygens (including phenoxy) is 2. The van der Waals surface area contributed by atoms with Gasteiger partial charge in [0, 0.05) is 6.07 Å². The molecule has 2 aliphatic carbocycles. The number of amides is 2. The number of nitrogens with zero attached hydrogens (tertiary/aromatic N) is 2. The monoisotopic (exact) mass is 344 g/mol. The van der Waals surface area contributed by atoms with Gasteiger partial charge in [0.05, 0.1) is 42.7 Å². The van der Waals surface area contributed by atoms with Gasteiger partial charge < -0.3 is 9.47 Å². The van der Waals surface area contributed by atoms with Crippen molar-refractivity contribution in [3.05, 3.63) is 34.4 Å². The highest BCUT2D eigenvalue weighted by Gasteiger charge is 2.60. The Kier molecular flexibility index (Phi) is 3.31. The van der Waals surface area contributed by atoms with Gasteiger partial charge >= 0.3 is 5.69 Å². The van der Waals surface area contributed by atoms with Crippen molar-refractivity contribution in [1.82, 2.24) is 0 Å². The lowest BCUT2D eigenvalue weighted by Crippen LogP contribution is -2.33. The lowest BCUT2D eigenvalue weighted by atomic mass is 9.85. The Bertz CT molecular complexity index is 803. The Morgan fingerprint density at radius 3 is 2.08 bits per heavy atom. The van der Waals surface area contributed by atoms with E-state index >= 15 is 0 Å². The Labute approximate surface area is 143 Å². The third-order valence-corrected chi connectivity index (χ3v) is 5.39. The minimum Gasteiger partial charge on any atom is -0.494 e. The van der Waals surface area contributed by atoms with Gasteiger partial charge in [0.2, 0.25) is 11.8 Å². The number of fused-ring (bicyclic) bond motifs is 5. The summed E-state index contributed by atoms with van der Waals surface area (Å²) in [6, 6.07) is 2.50. The number of benzene rings is 1. The summed E-state index contributed by atoms with van der Waals surface area (Å²) < 4.78 is 10.3. The van der Waals surface area contributed by atoms with Gasteiger partial charge in [0.25, 0.3) is 0 Å². The first-order valence-electron chi connectivity index (χ1n) is 7.94. The minimum atomic E-state index is -0.600. The van der Waals surface area contributed by atoms with Crippen LogP contribution in [0.5, 0.6) is 11.5 Å². The Morgan fingerprint density at radius 1 is 1.04 bits per heavy atom. The van der Waals surface area contributed by atoms with Crippen LogP contribution in [-0.2, 0) is 9.59 Å². The molecule has 2 fully saturated rings. The molecule has 25 heavy (non-hydrogen) atoms. The lowest BCUT2D eigenvalue weighted by molar-refractivity contribution is -0.385. The normalized spacial score (nSPS) is 29.3. The van der Waals surface area contributed by atoms with Crippen LogP contribution < -0.4 is 14.4 Å². The van der Waals surface area contributed by atoms with Crippen LogP contribution in [0.3, 0.4) is 0 Å². The zero-order chi connectivity index (χ0) is 17.9. The van der Waals surface area contributed by atoms with Crippen molar-refractivity contribution in [3.63, 3.8) is 0 Å².